The van der Waals surface area contributed by atoms with E-state index < -0.39 is 0 Å². The predicted molar refractivity (Wildman–Crippen MR) is 65.0 cm³/mol. The van der Waals surface area contributed by atoms with E-state index in [9.17, 15) is 0 Å². The molecule has 1 aromatic heterocycles. The van der Waals surface area contributed by atoms with E-state index in [2.05, 4.69) is 29.6 Å². The first-order valence-corrected chi connectivity index (χ1v) is 6.40. The summed E-state index contributed by atoms with van der Waals surface area (Å²) in [6.45, 7) is 0. The van der Waals surface area contributed by atoms with Crippen LogP contribution in [0.25, 0.3) is 0 Å². The zero-order chi connectivity index (χ0) is 10.5. The van der Waals surface area contributed by atoms with Gasteiger partial charge in [0.2, 0.25) is 0 Å². The highest BCUT2D eigenvalue weighted by molar-refractivity contribution is 8.00. The normalized spacial score (nSPS) is 9.80. The maximum atomic E-state index is 8.76. The molecule has 0 N–H and O–H groups in total. The van der Waals surface area contributed by atoms with Crippen molar-refractivity contribution < 1.29 is 0 Å². The molecule has 1 nitrogen and oxygen atoms in total. The highest BCUT2D eigenvalue weighted by Gasteiger charge is 1.98. The molecule has 0 spiro atoms. The Kier molecular flexibility index (Phi) is 3.44. The van der Waals surface area contributed by atoms with Crippen molar-refractivity contribution in [3.63, 3.8) is 0 Å². The molecule has 0 aliphatic heterocycles. The Balaban J connectivity index is 2.02. The fourth-order valence-electron chi connectivity index (χ4n) is 1.23. The van der Waals surface area contributed by atoms with Crippen LogP contribution in [0, 0.1) is 11.3 Å². The van der Waals surface area contributed by atoms with E-state index >= 15 is 0 Å². The number of rotatable bonds is 3. The number of nitriles is 1. The van der Waals surface area contributed by atoms with E-state index in [-0.39, 0.29) is 0 Å². The number of thioether (sulfide) groups is 1. The number of hydrogen-bond acceptors (Lipinski definition) is 3. The Bertz CT molecular complexity index is 469. The topological polar surface area (TPSA) is 23.8 Å². The lowest BCUT2D eigenvalue weighted by Crippen LogP contribution is -1.81. The van der Waals surface area contributed by atoms with Crippen LogP contribution in [0.5, 0.6) is 0 Å². The Morgan fingerprint density at radius 3 is 2.93 bits per heavy atom. The minimum Gasteiger partial charge on any atom is -0.192 e. The van der Waals surface area contributed by atoms with Crippen LogP contribution in [0.3, 0.4) is 0 Å². The Morgan fingerprint density at radius 1 is 1.27 bits per heavy atom. The standard InChI is InChI=1S/C12H9NS2/c13-8-10-3-1-4-11(7-10)9-15-12-5-2-6-14-12/h1-7H,9H2. The van der Waals surface area contributed by atoms with Crippen molar-refractivity contribution in [2.75, 3.05) is 0 Å². The van der Waals surface area contributed by atoms with E-state index in [1.165, 1.54) is 9.77 Å². The van der Waals surface area contributed by atoms with Crippen LogP contribution in [0.15, 0.2) is 46.0 Å². The lowest BCUT2D eigenvalue weighted by Gasteiger charge is -1.99. The third-order valence-corrected chi connectivity index (χ3v) is 4.13. The Hall–Kier alpha value is -1.24. The Labute approximate surface area is 97.4 Å². The van der Waals surface area contributed by atoms with Crippen molar-refractivity contribution in [2.24, 2.45) is 0 Å². The molecule has 1 aromatic carbocycles. The predicted octanol–water partition coefficient (Wildman–Crippen LogP) is 3.91. The molecule has 2 rings (SSSR count). The summed E-state index contributed by atoms with van der Waals surface area (Å²) >= 11 is 3.56. The average molecular weight is 231 g/mol. The maximum absolute atomic E-state index is 8.76. The molecular formula is C12H9NS2. The average Bonchev–Trinajstić information content (AvgIpc) is 2.79. The largest absolute Gasteiger partial charge is 0.192 e. The molecule has 0 amide bonds. The lowest BCUT2D eigenvalue weighted by molar-refractivity contribution is 1.38. The van der Waals surface area contributed by atoms with Gasteiger partial charge in [-0.05, 0) is 29.1 Å². The maximum Gasteiger partial charge on any atom is 0.0991 e. The molecule has 2 aromatic rings. The highest BCUT2D eigenvalue weighted by atomic mass is 32.2. The molecule has 0 atom stereocenters. The summed E-state index contributed by atoms with van der Waals surface area (Å²) in [6.07, 6.45) is 0. The summed E-state index contributed by atoms with van der Waals surface area (Å²) in [6, 6.07) is 14.1. The van der Waals surface area contributed by atoms with Gasteiger partial charge in [0.1, 0.15) is 0 Å². The Morgan fingerprint density at radius 2 is 2.20 bits per heavy atom. The fourth-order valence-corrected chi connectivity index (χ4v) is 2.96. The van der Waals surface area contributed by atoms with Gasteiger partial charge in [0, 0.05) is 5.75 Å². The minimum absolute atomic E-state index is 0.735. The van der Waals surface area contributed by atoms with E-state index in [1.807, 2.05) is 30.0 Å². The van der Waals surface area contributed by atoms with Gasteiger partial charge in [-0.2, -0.15) is 5.26 Å². The first-order chi connectivity index (χ1) is 7.38. The second-order valence-corrected chi connectivity index (χ2v) is 5.26. The first-order valence-electron chi connectivity index (χ1n) is 4.54. The molecule has 0 radical (unpaired) electrons. The molecule has 0 bridgehead atoms. The van der Waals surface area contributed by atoms with Crippen LogP contribution in [0.2, 0.25) is 0 Å². The quantitative estimate of drug-likeness (QED) is 0.748. The SMILES string of the molecule is N#Cc1cccc(CSc2cccs2)c1. The zero-order valence-electron chi connectivity index (χ0n) is 8.01. The summed E-state index contributed by atoms with van der Waals surface area (Å²) in [5.74, 6) is 0.927. The third kappa shape index (κ3) is 2.85. The van der Waals surface area contributed by atoms with Gasteiger partial charge in [0.15, 0.2) is 0 Å². The van der Waals surface area contributed by atoms with Gasteiger partial charge in [-0.25, -0.2) is 0 Å². The summed E-state index contributed by atoms with van der Waals surface area (Å²) < 4.78 is 1.32. The van der Waals surface area contributed by atoms with Gasteiger partial charge in [-0.3, -0.25) is 0 Å². The lowest BCUT2D eigenvalue weighted by atomic mass is 10.2. The van der Waals surface area contributed by atoms with Crippen LogP contribution < -0.4 is 0 Å². The number of hydrogen-bond donors (Lipinski definition) is 0. The molecule has 0 saturated carbocycles. The van der Waals surface area contributed by atoms with Crippen LogP contribution in [-0.2, 0) is 5.75 Å². The van der Waals surface area contributed by atoms with Gasteiger partial charge >= 0.3 is 0 Å². The summed E-state index contributed by atoms with van der Waals surface area (Å²) in [7, 11) is 0. The summed E-state index contributed by atoms with van der Waals surface area (Å²) in [5.41, 5.74) is 1.94. The van der Waals surface area contributed by atoms with Crippen molar-refractivity contribution in [1.82, 2.24) is 0 Å². The molecule has 15 heavy (non-hydrogen) atoms. The van der Waals surface area contributed by atoms with Crippen LogP contribution in [0.4, 0.5) is 0 Å². The molecule has 74 valence electrons. The molecule has 0 unspecified atom stereocenters. The van der Waals surface area contributed by atoms with Crippen LogP contribution in [-0.4, -0.2) is 0 Å². The number of benzene rings is 1. The summed E-state index contributed by atoms with van der Waals surface area (Å²) in [4.78, 5) is 0. The van der Waals surface area contributed by atoms with Crippen molar-refractivity contribution in [3.05, 3.63) is 52.9 Å². The molecule has 0 saturated heterocycles. The number of thiophene rings is 1. The van der Waals surface area contributed by atoms with Crippen LogP contribution >= 0.6 is 23.1 Å². The van der Waals surface area contributed by atoms with Gasteiger partial charge in [0.05, 0.1) is 15.8 Å². The number of nitrogens with zero attached hydrogens (tertiary/aromatic N) is 1. The third-order valence-electron chi connectivity index (χ3n) is 1.93. The first kappa shape index (κ1) is 10.3. The van der Waals surface area contributed by atoms with E-state index in [0.717, 1.165) is 11.3 Å². The van der Waals surface area contributed by atoms with Crippen molar-refractivity contribution >= 4 is 23.1 Å². The van der Waals surface area contributed by atoms with Gasteiger partial charge in [-0.1, -0.05) is 18.2 Å². The molecule has 0 aliphatic rings. The molecular weight excluding hydrogens is 222 g/mol. The van der Waals surface area contributed by atoms with E-state index in [1.54, 1.807) is 11.3 Å². The second-order valence-electron chi connectivity index (χ2n) is 3.03. The van der Waals surface area contributed by atoms with Gasteiger partial charge in [0.25, 0.3) is 0 Å². The van der Waals surface area contributed by atoms with Gasteiger partial charge in [-0.15, -0.1) is 23.1 Å². The monoisotopic (exact) mass is 231 g/mol. The van der Waals surface area contributed by atoms with Crippen molar-refractivity contribution in [3.8, 4) is 6.07 Å². The zero-order valence-corrected chi connectivity index (χ0v) is 9.65. The molecule has 0 fully saturated rings. The molecule has 3 heteroatoms. The highest BCUT2D eigenvalue weighted by Crippen LogP contribution is 2.26. The minimum atomic E-state index is 0.735. The fraction of sp³-hybridized carbons (Fsp3) is 0.0833. The van der Waals surface area contributed by atoms with Gasteiger partial charge < -0.3 is 0 Å². The van der Waals surface area contributed by atoms with E-state index in [4.69, 9.17) is 5.26 Å². The molecule has 1 heterocycles. The summed E-state index contributed by atoms with van der Waals surface area (Å²) in [5, 5.41) is 10.8. The van der Waals surface area contributed by atoms with Crippen LogP contribution in [0.1, 0.15) is 11.1 Å². The second kappa shape index (κ2) is 5.01. The molecule has 0 aliphatic carbocycles. The van der Waals surface area contributed by atoms with E-state index in [0.29, 0.717) is 0 Å². The smallest absolute Gasteiger partial charge is 0.0991 e. The van der Waals surface area contributed by atoms with Crippen molar-refractivity contribution in [1.29, 1.82) is 5.26 Å². The van der Waals surface area contributed by atoms with Crippen molar-refractivity contribution in [2.45, 2.75) is 9.96 Å².